The van der Waals surface area contributed by atoms with Gasteiger partial charge < -0.3 is 4.74 Å². The number of fused-ring (bicyclic) bond motifs is 1. The monoisotopic (exact) mass is 653 g/mol. The predicted octanol–water partition coefficient (Wildman–Crippen LogP) is 4.90. The molecule has 5 rings (SSSR count). The molecule has 44 heavy (non-hydrogen) atoms. The number of hydrogen-bond acceptors (Lipinski definition) is 6. The van der Waals surface area contributed by atoms with Gasteiger partial charge in [0.05, 0.1) is 11.9 Å². The van der Waals surface area contributed by atoms with Gasteiger partial charge in [-0.05, 0) is 46.9 Å². The van der Waals surface area contributed by atoms with Crippen molar-refractivity contribution in [3.8, 4) is 5.75 Å². The maximum Gasteiger partial charge on any atom is 0.329 e. The van der Waals surface area contributed by atoms with Crippen molar-refractivity contribution in [2.24, 2.45) is 0 Å². The standard InChI is InChI=1S/C32H39N3O6S2Si/c1-42(37,38)34-22-28-13-9-8-12-27(28)21-29(34)16-14-25-15-17-30(31(20-25)41-24-26-10-6-5-7-11-26)35-23-32(36)33(43(35,39)40)18-19-44(2,3)4/h5-17,20,29H,18-19,21-24H2,1-4H3/t29-/m1/s1. The van der Waals surface area contributed by atoms with Crippen molar-refractivity contribution in [2.75, 3.05) is 23.7 Å². The predicted molar refractivity (Wildman–Crippen MR) is 177 cm³/mol. The van der Waals surface area contributed by atoms with Gasteiger partial charge in [-0.15, -0.1) is 0 Å². The first kappa shape index (κ1) is 32.0. The van der Waals surface area contributed by atoms with Crippen LogP contribution in [0.15, 0.2) is 78.9 Å². The molecular weight excluding hydrogens is 615 g/mol. The van der Waals surface area contributed by atoms with Crippen molar-refractivity contribution in [3.05, 3.63) is 101 Å². The Bertz CT molecular complexity index is 1770. The highest BCUT2D eigenvalue weighted by Gasteiger charge is 2.44. The highest BCUT2D eigenvalue weighted by molar-refractivity contribution is 7.91. The number of ether oxygens (including phenoxy) is 1. The van der Waals surface area contributed by atoms with E-state index < -0.39 is 34.2 Å². The van der Waals surface area contributed by atoms with E-state index in [4.69, 9.17) is 4.74 Å². The largest absolute Gasteiger partial charge is 0.487 e. The number of rotatable bonds is 10. The fourth-order valence-corrected chi connectivity index (χ4v) is 9.00. The van der Waals surface area contributed by atoms with Gasteiger partial charge in [0, 0.05) is 27.2 Å². The topological polar surface area (TPSA) is 104 Å². The number of benzene rings is 3. The van der Waals surface area contributed by atoms with Crippen LogP contribution in [-0.4, -0.2) is 64.8 Å². The van der Waals surface area contributed by atoms with E-state index in [0.717, 1.165) is 25.3 Å². The van der Waals surface area contributed by atoms with E-state index in [1.54, 1.807) is 18.2 Å². The fraction of sp³-hybridized carbons (Fsp3) is 0.344. The molecule has 2 aliphatic heterocycles. The van der Waals surface area contributed by atoms with Crippen LogP contribution in [0.3, 0.4) is 0 Å². The first-order valence-corrected chi connectivity index (χ1v) is 21.5. The summed E-state index contributed by atoms with van der Waals surface area (Å²) in [6.07, 6.45) is 5.45. The Morgan fingerprint density at radius 3 is 2.32 bits per heavy atom. The van der Waals surface area contributed by atoms with Crippen LogP contribution in [0.4, 0.5) is 5.69 Å². The summed E-state index contributed by atoms with van der Waals surface area (Å²) in [5.41, 5.74) is 3.99. The van der Waals surface area contributed by atoms with Crippen LogP contribution >= 0.6 is 0 Å². The molecule has 1 atom stereocenters. The molecule has 0 radical (unpaired) electrons. The molecule has 2 heterocycles. The van der Waals surface area contributed by atoms with Crippen LogP contribution in [0.2, 0.25) is 25.7 Å². The van der Waals surface area contributed by atoms with Gasteiger partial charge in [-0.2, -0.15) is 12.7 Å². The zero-order valence-corrected chi connectivity index (χ0v) is 28.1. The summed E-state index contributed by atoms with van der Waals surface area (Å²) in [6.45, 7) is 6.78. The number of carbonyl (C=O) groups is 1. The Morgan fingerprint density at radius 1 is 0.955 bits per heavy atom. The van der Waals surface area contributed by atoms with Gasteiger partial charge in [0.2, 0.25) is 10.0 Å². The normalized spacial score (nSPS) is 19.0. The van der Waals surface area contributed by atoms with E-state index in [1.165, 1.54) is 10.6 Å². The highest BCUT2D eigenvalue weighted by atomic mass is 32.2. The summed E-state index contributed by atoms with van der Waals surface area (Å²) in [5.74, 6) is -0.145. The van der Waals surface area contributed by atoms with Crippen LogP contribution in [0.1, 0.15) is 22.3 Å². The smallest absolute Gasteiger partial charge is 0.329 e. The van der Waals surface area contributed by atoms with Gasteiger partial charge in [-0.3, -0.25) is 4.79 Å². The van der Waals surface area contributed by atoms with E-state index in [1.807, 2.05) is 66.7 Å². The second-order valence-corrected chi connectivity index (χ2v) is 21.8. The lowest BCUT2D eigenvalue weighted by molar-refractivity contribution is -0.123. The molecule has 0 unspecified atom stereocenters. The lowest BCUT2D eigenvalue weighted by Crippen LogP contribution is -2.42. The Labute approximate surface area is 262 Å². The molecule has 3 aromatic rings. The van der Waals surface area contributed by atoms with Crippen molar-refractivity contribution in [1.29, 1.82) is 0 Å². The Morgan fingerprint density at radius 2 is 1.64 bits per heavy atom. The highest BCUT2D eigenvalue weighted by Crippen LogP contribution is 2.36. The summed E-state index contributed by atoms with van der Waals surface area (Å²) in [7, 11) is -9.16. The van der Waals surface area contributed by atoms with Gasteiger partial charge in [0.15, 0.2) is 0 Å². The third-order valence-corrected chi connectivity index (χ3v) is 12.7. The minimum absolute atomic E-state index is 0.162. The van der Waals surface area contributed by atoms with Gasteiger partial charge in [0.1, 0.15) is 18.9 Å². The maximum atomic E-state index is 13.6. The van der Waals surface area contributed by atoms with E-state index in [-0.39, 0.29) is 31.4 Å². The second kappa shape index (κ2) is 12.5. The number of hydrogen-bond donors (Lipinski definition) is 0. The Hall–Kier alpha value is -3.45. The molecule has 2 aliphatic rings. The second-order valence-electron chi connectivity index (χ2n) is 12.5. The molecule has 0 aromatic heterocycles. The molecule has 0 aliphatic carbocycles. The summed E-state index contributed by atoms with van der Waals surface area (Å²) < 4.78 is 62.4. The number of anilines is 1. The molecule has 0 bridgehead atoms. The average Bonchev–Trinajstić information content (AvgIpc) is 3.19. The van der Waals surface area contributed by atoms with Gasteiger partial charge in [0.25, 0.3) is 5.91 Å². The zero-order valence-electron chi connectivity index (χ0n) is 25.5. The van der Waals surface area contributed by atoms with Gasteiger partial charge >= 0.3 is 10.2 Å². The van der Waals surface area contributed by atoms with E-state index >= 15 is 0 Å². The van der Waals surface area contributed by atoms with Gasteiger partial charge in [-0.1, -0.05) is 92.5 Å². The van der Waals surface area contributed by atoms with Crippen LogP contribution in [-0.2, 0) is 44.6 Å². The molecule has 1 fully saturated rings. The van der Waals surface area contributed by atoms with Crippen molar-refractivity contribution < 1.29 is 26.4 Å². The lowest BCUT2D eigenvalue weighted by atomic mass is 9.95. The van der Waals surface area contributed by atoms with Crippen molar-refractivity contribution in [1.82, 2.24) is 8.61 Å². The van der Waals surface area contributed by atoms with Crippen LogP contribution in [0.25, 0.3) is 6.08 Å². The maximum absolute atomic E-state index is 13.6. The SMILES string of the molecule is C[Si](C)(C)CCN1C(=O)CN(c2ccc(C=C[C@@H]3Cc4ccccc4CN3S(C)(=O)=O)cc2OCc2ccccc2)S1(=O)=O. The lowest BCUT2D eigenvalue weighted by Gasteiger charge is -2.33. The molecule has 0 spiro atoms. The molecule has 12 heteroatoms. The average molecular weight is 654 g/mol. The van der Waals surface area contributed by atoms with Crippen molar-refractivity contribution in [2.45, 2.75) is 51.3 Å². The quantitative estimate of drug-likeness (QED) is 0.289. The molecule has 234 valence electrons. The molecular formula is C32H39N3O6S2Si. The Kier molecular flexibility index (Phi) is 9.08. The van der Waals surface area contributed by atoms with E-state index in [9.17, 15) is 21.6 Å². The summed E-state index contributed by atoms with van der Waals surface area (Å²) in [6, 6.07) is 22.8. The first-order chi connectivity index (χ1) is 20.7. The van der Waals surface area contributed by atoms with Crippen LogP contribution < -0.4 is 9.04 Å². The molecule has 0 saturated carbocycles. The molecule has 9 nitrogen and oxygen atoms in total. The van der Waals surface area contributed by atoms with Crippen LogP contribution in [0.5, 0.6) is 5.75 Å². The van der Waals surface area contributed by atoms with Gasteiger partial charge in [-0.25, -0.2) is 17.0 Å². The zero-order chi connectivity index (χ0) is 31.7. The first-order valence-electron chi connectivity index (χ1n) is 14.6. The summed E-state index contributed by atoms with van der Waals surface area (Å²) >= 11 is 0. The van der Waals surface area contributed by atoms with E-state index in [2.05, 4.69) is 19.6 Å². The summed E-state index contributed by atoms with van der Waals surface area (Å²) in [4.78, 5) is 12.9. The number of amides is 1. The fourth-order valence-electron chi connectivity index (χ4n) is 5.38. The minimum atomic E-state index is -4.08. The molecule has 3 aromatic carbocycles. The molecule has 1 saturated heterocycles. The molecule has 1 amide bonds. The molecule has 0 N–H and O–H groups in total. The summed E-state index contributed by atoms with van der Waals surface area (Å²) in [5, 5.41) is 0. The third kappa shape index (κ3) is 7.25. The number of nitrogens with zero attached hydrogens (tertiary/aromatic N) is 3. The number of carbonyl (C=O) groups excluding carboxylic acids is 1. The minimum Gasteiger partial charge on any atom is -0.487 e. The van der Waals surface area contributed by atoms with Crippen molar-refractivity contribution >= 4 is 46.0 Å². The van der Waals surface area contributed by atoms with Crippen LogP contribution in [0, 0.1) is 0 Å². The van der Waals surface area contributed by atoms with E-state index in [0.29, 0.717) is 30.3 Å². The van der Waals surface area contributed by atoms with Crippen molar-refractivity contribution in [3.63, 3.8) is 0 Å². The third-order valence-electron chi connectivity index (χ3n) is 7.85. The Balaban J connectivity index is 1.46. The number of sulfonamides is 1.